The maximum atomic E-state index is 11.1. The highest BCUT2D eigenvalue weighted by Gasteiger charge is 2.01. The van der Waals surface area contributed by atoms with E-state index >= 15 is 0 Å². The molecule has 3 N–H and O–H groups in total. The molecule has 28 heavy (non-hydrogen) atoms. The van der Waals surface area contributed by atoms with E-state index in [4.69, 9.17) is 4.74 Å². The number of ether oxygens (including phenoxy) is 1. The second-order valence-corrected chi connectivity index (χ2v) is 6.17. The van der Waals surface area contributed by atoms with Crippen molar-refractivity contribution in [3.63, 3.8) is 0 Å². The smallest absolute Gasteiger partial charge is 0.221 e. The van der Waals surface area contributed by atoms with E-state index in [9.17, 15) is 4.79 Å². The highest BCUT2D eigenvalue weighted by molar-refractivity contribution is 14.0. The molecule has 1 amide bonds. The third kappa shape index (κ3) is 9.07. The molecule has 0 atom stereocenters. The predicted molar refractivity (Wildman–Crippen MR) is 126 cm³/mol. The van der Waals surface area contributed by atoms with Crippen molar-refractivity contribution in [2.45, 2.75) is 27.3 Å². The molecule has 0 aromatic heterocycles. The Kier molecular flexibility index (Phi) is 11.0. The molecule has 0 saturated carbocycles. The van der Waals surface area contributed by atoms with Gasteiger partial charge in [-0.15, -0.1) is 24.0 Å². The number of nitrogens with one attached hydrogen (secondary N) is 3. The fraction of sp³-hybridized carbons (Fsp3) is 0.333. The van der Waals surface area contributed by atoms with Crippen molar-refractivity contribution >= 4 is 41.5 Å². The van der Waals surface area contributed by atoms with Gasteiger partial charge in [0, 0.05) is 25.2 Å². The van der Waals surface area contributed by atoms with Gasteiger partial charge in [-0.25, -0.2) is 4.99 Å². The summed E-state index contributed by atoms with van der Waals surface area (Å²) in [5.41, 5.74) is 3.13. The van der Waals surface area contributed by atoms with Crippen LogP contribution >= 0.6 is 24.0 Å². The Morgan fingerprint density at radius 2 is 1.89 bits per heavy atom. The average molecular weight is 496 g/mol. The Morgan fingerprint density at radius 1 is 1.11 bits per heavy atom. The third-order valence-corrected chi connectivity index (χ3v) is 3.66. The van der Waals surface area contributed by atoms with Crippen LogP contribution in [0.3, 0.4) is 0 Å². The van der Waals surface area contributed by atoms with Gasteiger partial charge < -0.3 is 20.7 Å². The van der Waals surface area contributed by atoms with Crippen molar-refractivity contribution in [1.29, 1.82) is 0 Å². The van der Waals surface area contributed by atoms with Crippen LogP contribution in [0.15, 0.2) is 53.5 Å². The van der Waals surface area contributed by atoms with Gasteiger partial charge in [0.05, 0.1) is 13.1 Å². The highest BCUT2D eigenvalue weighted by atomic mass is 127. The van der Waals surface area contributed by atoms with Gasteiger partial charge in [0.1, 0.15) is 12.4 Å². The fourth-order valence-corrected chi connectivity index (χ4v) is 2.53. The molecule has 152 valence electrons. The molecular formula is C21H29IN4O2. The summed E-state index contributed by atoms with van der Waals surface area (Å²) in [6.45, 7) is 8.11. The summed E-state index contributed by atoms with van der Waals surface area (Å²) in [7, 11) is 0. The van der Waals surface area contributed by atoms with Crippen LogP contribution < -0.4 is 20.7 Å². The zero-order valence-electron chi connectivity index (χ0n) is 16.6. The summed E-state index contributed by atoms with van der Waals surface area (Å²) in [4.78, 5) is 15.7. The summed E-state index contributed by atoms with van der Waals surface area (Å²) in [6.07, 6.45) is 0. The van der Waals surface area contributed by atoms with Gasteiger partial charge in [-0.05, 0) is 31.5 Å². The largest absolute Gasteiger partial charge is 0.492 e. The van der Waals surface area contributed by atoms with Crippen LogP contribution in [0.2, 0.25) is 0 Å². The van der Waals surface area contributed by atoms with Crippen molar-refractivity contribution < 1.29 is 9.53 Å². The molecule has 0 aliphatic heterocycles. The number of nitrogens with zero attached hydrogens (tertiary/aromatic N) is 1. The van der Waals surface area contributed by atoms with Gasteiger partial charge in [-0.2, -0.15) is 0 Å². The highest BCUT2D eigenvalue weighted by Crippen LogP contribution is 2.17. The number of carbonyl (C=O) groups excluding carboxylic acids is 1. The van der Waals surface area contributed by atoms with E-state index in [0.29, 0.717) is 25.4 Å². The fourth-order valence-electron chi connectivity index (χ4n) is 2.53. The maximum Gasteiger partial charge on any atom is 0.221 e. The lowest BCUT2D eigenvalue weighted by atomic mass is 10.1. The van der Waals surface area contributed by atoms with Crippen LogP contribution in [0.4, 0.5) is 5.69 Å². The van der Waals surface area contributed by atoms with E-state index in [2.05, 4.69) is 46.1 Å². The van der Waals surface area contributed by atoms with Gasteiger partial charge in [-0.3, -0.25) is 4.79 Å². The molecule has 2 rings (SSSR count). The van der Waals surface area contributed by atoms with Gasteiger partial charge in [0.15, 0.2) is 5.96 Å². The van der Waals surface area contributed by atoms with Gasteiger partial charge in [0.25, 0.3) is 0 Å². The van der Waals surface area contributed by atoms with Crippen molar-refractivity contribution in [3.05, 3.63) is 59.7 Å². The normalized spacial score (nSPS) is 10.6. The number of rotatable bonds is 8. The molecule has 0 spiro atoms. The van der Waals surface area contributed by atoms with E-state index in [1.54, 1.807) is 6.07 Å². The summed E-state index contributed by atoms with van der Waals surface area (Å²) in [5, 5.41) is 9.24. The van der Waals surface area contributed by atoms with Crippen LogP contribution in [-0.2, 0) is 11.3 Å². The monoisotopic (exact) mass is 496 g/mol. The zero-order chi connectivity index (χ0) is 19.5. The maximum absolute atomic E-state index is 11.1. The summed E-state index contributed by atoms with van der Waals surface area (Å²) in [6, 6.07) is 15.7. The standard InChI is InChI=1S/C21H28N4O2.HI/c1-4-22-21(24-15-18-8-5-7-16(2)13-18)23-11-12-27-20-10-6-9-19(14-20)25-17(3)26;/h5-10,13-14H,4,11-12,15H2,1-3H3,(H,25,26)(H2,22,23,24);1H. The van der Waals surface area contributed by atoms with Gasteiger partial charge in [0.2, 0.25) is 5.91 Å². The van der Waals surface area contributed by atoms with Crippen LogP contribution in [-0.4, -0.2) is 31.6 Å². The summed E-state index contributed by atoms with van der Waals surface area (Å²) < 4.78 is 5.74. The number of carbonyl (C=O) groups is 1. The molecule has 2 aromatic carbocycles. The number of halogens is 1. The number of guanidine groups is 1. The molecule has 0 saturated heterocycles. The quantitative estimate of drug-likeness (QED) is 0.226. The van der Waals surface area contributed by atoms with Crippen LogP contribution in [0.1, 0.15) is 25.0 Å². The number of hydrogen-bond donors (Lipinski definition) is 3. The average Bonchev–Trinajstić information content (AvgIpc) is 2.63. The Labute approximate surface area is 184 Å². The molecular weight excluding hydrogens is 467 g/mol. The molecule has 0 heterocycles. The summed E-state index contributed by atoms with van der Waals surface area (Å²) >= 11 is 0. The first-order valence-electron chi connectivity index (χ1n) is 9.15. The lowest BCUT2D eigenvalue weighted by molar-refractivity contribution is -0.114. The molecule has 0 aliphatic rings. The van der Waals surface area contributed by atoms with Crippen LogP contribution in [0.25, 0.3) is 0 Å². The topological polar surface area (TPSA) is 74.8 Å². The third-order valence-electron chi connectivity index (χ3n) is 3.66. The van der Waals surface area contributed by atoms with Gasteiger partial charge in [-0.1, -0.05) is 35.9 Å². The number of aryl methyl sites for hydroxylation is 1. The molecule has 2 aromatic rings. The van der Waals surface area contributed by atoms with Crippen molar-refractivity contribution in [3.8, 4) is 5.75 Å². The van der Waals surface area contributed by atoms with Crippen molar-refractivity contribution in [1.82, 2.24) is 10.6 Å². The zero-order valence-corrected chi connectivity index (χ0v) is 18.9. The minimum Gasteiger partial charge on any atom is -0.492 e. The lowest BCUT2D eigenvalue weighted by Crippen LogP contribution is -2.39. The Balaban J connectivity index is 0.00000392. The Morgan fingerprint density at radius 3 is 2.61 bits per heavy atom. The number of hydrogen-bond acceptors (Lipinski definition) is 3. The first kappa shape index (κ1) is 23.7. The van der Waals surface area contributed by atoms with E-state index < -0.39 is 0 Å². The first-order chi connectivity index (χ1) is 13.1. The molecule has 0 radical (unpaired) electrons. The molecule has 0 unspecified atom stereocenters. The number of anilines is 1. The second-order valence-electron chi connectivity index (χ2n) is 6.17. The number of benzene rings is 2. The van der Waals surface area contributed by atoms with E-state index in [0.717, 1.165) is 18.2 Å². The van der Waals surface area contributed by atoms with Crippen LogP contribution in [0, 0.1) is 6.92 Å². The SMILES string of the molecule is CCNC(=NCc1cccc(C)c1)NCCOc1cccc(NC(C)=O)c1.I. The van der Waals surface area contributed by atoms with E-state index in [1.807, 2.05) is 31.2 Å². The molecule has 7 heteroatoms. The molecule has 0 aliphatic carbocycles. The first-order valence-corrected chi connectivity index (χ1v) is 9.15. The van der Waals surface area contributed by atoms with Gasteiger partial charge >= 0.3 is 0 Å². The lowest BCUT2D eigenvalue weighted by Gasteiger charge is -2.13. The number of amides is 1. The minimum atomic E-state index is -0.103. The molecule has 6 nitrogen and oxygen atoms in total. The van der Waals surface area contributed by atoms with E-state index in [-0.39, 0.29) is 29.9 Å². The second kappa shape index (κ2) is 13.0. The predicted octanol–water partition coefficient (Wildman–Crippen LogP) is 3.71. The number of aliphatic imine (C=N–C) groups is 1. The Hall–Kier alpha value is -2.29. The van der Waals surface area contributed by atoms with E-state index in [1.165, 1.54) is 18.1 Å². The van der Waals surface area contributed by atoms with Crippen molar-refractivity contribution in [2.24, 2.45) is 4.99 Å². The minimum absolute atomic E-state index is 0. The molecule has 0 fully saturated rings. The molecule has 0 bridgehead atoms. The summed E-state index contributed by atoms with van der Waals surface area (Å²) in [5.74, 6) is 1.37. The van der Waals surface area contributed by atoms with Crippen LogP contribution in [0.5, 0.6) is 5.75 Å². The van der Waals surface area contributed by atoms with Crippen molar-refractivity contribution in [2.75, 3.05) is 25.0 Å². The Bertz CT molecular complexity index is 781.